The Morgan fingerprint density at radius 1 is 0.475 bits per heavy atom. The van der Waals surface area contributed by atoms with Gasteiger partial charge in [0, 0.05) is 92.9 Å². The zero-order chi connectivity index (χ0) is 76.6. The molecule has 536 valence electrons. The molecule has 14 nitrogen and oxygen atoms in total. The van der Waals surface area contributed by atoms with Crippen molar-refractivity contribution < 1.29 is 51.3 Å². The van der Waals surface area contributed by atoms with Gasteiger partial charge in [0.05, 0.1) is 9.85 Å². The molecule has 0 aromatic heterocycles. The first-order valence-electron chi connectivity index (χ1n) is 30.9. The Balaban J connectivity index is 0.000000562. The van der Waals surface area contributed by atoms with Crippen LogP contribution in [-0.2, 0) is 9.59 Å². The summed E-state index contributed by atoms with van der Waals surface area (Å²) in [6.45, 7) is 24.6. The average molecular weight is 1490 g/mol. The number of ketones is 1. The van der Waals surface area contributed by atoms with Crippen LogP contribution in [0.4, 0.5) is 56.1 Å². The van der Waals surface area contributed by atoms with Crippen LogP contribution < -0.4 is 21.7 Å². The van der Waals surface area contributed by atoms with Crippen LogP contribution in [0, 0.1) is 125 Å². The number of nitrogens with zero attached hydrogens (tertiary/aromatic N) is 2. The molecule has 0 saturated heterocycles. The Labute approximate surface area is 607 Å². The molecular formula is C79H87BrClF5N6O8S. The number of phenols is 1. The average Bonchev–Trinajstić information content (AvgIpc) is 0.885. The van der Waals surface area contributed by atoms with E-state index in [4.69, 9.17) is 22.4 Å². The second-order valence-electron chi connectivity index (χ2n) is 22.4. The minimum Gasteiger partial charge on any atom is -0.508 e. The lowest BCUT2D eigenvalue weighted by atomic mass is 10.1. The van der Waals surface area contributed by atoms with Crippen molar-refractivity contribution in [1.29, 1.82) is 0 Å². The number of carbonyl (C=O) groups is 3. The number of benzene rings is 10. The Kier molecular flexibility index (Phi) is 41.3. The summed E-state index contributed by atoms with van der Waals surface area (Å²) in [5.74, 6) is -3.50. The van der Waals surface area contributed by atoms with E-state index in [9.17, 15) is 56.6 Å². The van der Waals surface area contributed by atoms with Crippen LogP contribution in [0.5, 0.6) is 5.75 Å². The van der Waals surface area contributed by atoms with Crippen LogP contribution >= 0.6 is 39.3 Å². The molecule has 0 saturated carbocycles. The minimum absolute atomic E-state index is 0.0214. The standard InChI is InChI=1S/C9H12N2O.C9H11NO.C9H10O2.C8H9NO2.C8H11N.C8H10S.C7H7Br.C7H6ClNO2.C7H5F3.C7H6F2/c1-6-5-8(11-7(2)12)3-4-9(6)10;1-7-4-3-5-9(6-7)10-8(2)11;1-6-5-8(7(2)10)3-4-9(6)11;1-6-4-3-5-8(7(6)2)9(10)11;2*1-7-3-5-8(9-2)6-4-7;1-6-3-2-4-7(8)5-6;1-5-4-6(8)2-3-7(5)9(10)11;1-4-2-6(9)7(10)3-5(4)8;1-5-4-6(8)2-3-7(5)9/h3-5H,10H2,1-2H3,(H,11,12);3-6H,1-2H3,(H,10,11);3-5,11H,1-2H3;3-5H,1-2H3;3-6,9H,1-2H3;3-6H,1-2H3;2-5H,1H3;2-4H,1H3;2-3H,1H3;2-4H,1H3. The van der Waals surface area contributed by atoms with Crippen molar-refractivity contribution in [3.63, 3.8) is 0 Å². The molecule has 10 aromatic carbocycles. The molecule has 0 atom stereocenters. The Morgan fingerprint density at radius 2 is 0.990 bits per heavy atom. The van der Waals surface area contributed by atoms with Gasteiger partial charge >= 0.3 is 0 Å². The summed E-state index contributed by atoms with van der Waals surface area (Å²) >= 11 is 10.7. The summed E-state index contributed by atoms with van der Waals surface area (Å²) in [7, 11) is 1.92. The molecule has 10 aromatic rings. The number of nitrogen functional groups attached to an aromatic ring is 1. The van der Waals surface area contributed by atoms with Gasteiger partial charge in [-0.25, -0.2) is 22.0 Å². The first kappa shape index (κ1) is 88.8. The second-order valence-corrected chi connectivity index (χ2v) is 24.6. The SMILES string of the molecule is CC(=O)Nc1ccc(N)c(C)c1.CC(=O)Nc1cccc(C)c1.CC(=O)c1ccc(O)c(C)c1.CNc1ccc(C)cc1.CSc1ccc(C)cc1.Cc1cc(Cl)ccc1[N+](=O)[O-].Cc1cc(F)c(F)cc1F.Cc1cc(F)ccc1F.Cc1cccc(Br)c1.Cc1cccc([N+](=O)[O-])c1C. The number of phenolic OH excluding ortho intramolecular Hbond substituents is 1. The summed E-state index contributed by atoms with van der Waals surface area (Å²) < 4.78 is 62.4. The van der Waals surface area contributed by atoms with Crippen LogP contribution in [0.15, 0.2) is 210 Å². The molecule has 0 heterocycles. The molecular weight excluding hydrogens is 1400 g/mol. The molecule has 0 aliphatic rings. The Hall–Kier alpha value is -10.2. The number of halogens is 7. The zero-order valence-corrected chi connectivity index (χ0v) is 62.5. The van der Waals surface area contributed by atoms with E-state index in [0.717, 1.165) is 73.6 Å². The van der Waals surface area contributed by atoms with Gasteiger partial charge in [0.15, 0.2) is 17.4 Å². The fourth-order valence-electron chi connectivity index (χ4n) is 7.74. The highest BCUT2D eigenvalue weighted by atomic mass is 79.9. The Bertz CT molecular complexity index is 4190. The quantitative estimate of drug-likeness (QED) is 0.0192. The van der Waals surface area contributed by atoms with E-state index in [2.05, 4.69) is 120 Å². The molecule has 0 aliphatic carbocycles. The van der Waals surface area contributed by atoms with Crippen molar-refractivity contribution in [2.24, 2.45) is 0 Å². The van der Waals surface area contributed by atoms with Gasteiger partial charge in [-0.1, -0.05) is 105 Å². The third-order valence-corrected chi connectivity index (χ3v) is 15.0. The number of Topliss-reactive ketones (excluding diaryl/α,β-unsaturated/α-hetero) is 1. The van der Waals surface area contributed by atoms with E-state index in [0.29, 0.717) is 27.8 Å². The van der Waals surface area contributed by atoms with Crippen molar-refractivity contribution in [3.8, 4) is 5.75 Å². The predicted octanol–water partition coefficient (Wildman–Crippen LogP) is 22.4. The van der Waals surface area contributed by atoms with Crippen LogP contribution in [-0.4, -0.2) is 45.9 Å². The third-order valence-electron chi connectivity index (χ3n) is 13.6. The normalized spacial score (nSPS) is 9.53. The number of aromatic hydroxyl groups is 1. The first-order valence-corrected chi connectivity index (χ1v) is 33.3. The number of carbonyl (C=O) groups excluding carboxylic acids is 3. The Morgan fingerprint density at radius 3 is 1.43 bits per heavy atom. The van der Waals surface area contributed by atoms with Crippen molar-refractivity contribution in [2.75, 3.05) is 35.0 Å². The summed E-state index contributed by atoms with van der Waals surface area (Å²) in [6, 6.07) is 57.3. The molecule has 0 bridgehead atoms. The van der Waals surface area contributed by atoms with Gasteiger partial charge in [0.2, 0.25) is 11.8 Å². The van der Waals surface area contributed by atoms with Gasteiger partial charge in [-0.05, 0) is 244 Å². The number of rotatable bonds is 7. The summed E-state index contributed by atoms with van der Waals surface area (Å²) in [4.78, 5) is 53.3. The predicted molar refractivity (Wildman–Crippen MR) is 408 cm³/mol. The van der Waals surface area contributed by atoms with Crippen molar-refractivity contribution in [2.45, 2.75) is 102 Å². The highest BCUT2D eigenvalue weighted by Gasteiger charge is 2.11. The second kappa shape index (κ2) is 46.9. The number of aryl methyl sites for hydroxylation is 10. The van der Waals surface area contributed by atoms with E-state index in [-0.39, 0.29) is 51.0 Å². The first-order chi connectivity index (χ1) is 47.4. The minimum atomic E-state index is -1.15. The molecule has 22 heteroatoms. The molecule has 0 radical (unpaired) electrons. The van der Waals surface area contributed by atoms with Gasteiger partial charge in [0.1, 0.15) is 23.2 Å². The highest BCUT2D eigenvalue weighted by molar-refractivity contribution is 9.10. The number of anilines is 4. The highest BCUT2D eigenvalue weighted by Crippen LogP contribution is 2.23. The fourth-order valence-corrected chi connectivity index (χ4v) is 8.89. The number of thioether (sulfide) groups is 1. The van der Waals surface area contributed by atoms with Crippen molar-refractivity contribution in [1.82, 2.24) is 0 Å². The van der Waals surface area contributed by atoms with Gasteiger partial charge in [0.25, 0.3) is 11.4 Å². The maximum absolute atomic E-state index is 12.4. The number of nitrogens with two attached hydrogens (primary N) is 1. The van der Waals surface area contributed by atoms with Crippen molar-refractivity contribution >= 4 is 91.0 Å². The van der Waals surface area contributed by atoms with Gasteiger partial charge < -0.3 is 26.8 Å². The molecule has 101 heavy (non-hydrogen) atoms. The molecule has 0 spiro atoms. The number of amides is 2. The third kappa shape index (κ3) is 37.5. The lowest BCUT2D eigenvalue weighted by Gasteiger charge is -2.04. The summed E-state index contributed by atoms with van der Waals surface area (Å²) in [5, 5.41) is 38.7. The maximum atomic E-state index is 12.4. The summed E-state index contributed by atoms with van der Waals surface area (Å²) in [5.41, 5.74) is 19.6. The number of nitro groups is 2. The number of nitrogens with one attached hydrogen (secondary N) is 3. The fraction of sp³-hybridized carbons (Fsp3) is 0.203. The topological polar surface area (TPSA) is 220 Å². The number of hydrogen-bond acceptors (Lipinski definition) is 11. The zero-order valence-electron chi connectivity index (χ0n) is 59.4. The lowest BCUT2D eigenvalue weighted by molar-refractivity contribution is -0.385. The van der Waals surface area contributed by atoms with Crippen LogP contribution in [0.25, 0.3) is 0 Å². The van der Waals surface area contributed by atoms with E-state index < -0.39 is 28.2 Å². The largest absolute Gasteiger partial charge is 0.508 e. The van der Waals surface area contributed by atoms with E-state index >= 15 is 0 Å². The molecule has 2 amide bonds. The number of hydrogen-bond donors (Lipinski definition) is 5. The molecule has 10 rings (SSSR count). The monoisotopic (exact) mass is 1490 g/mol. The van der Waals surface area contributed by atoms with Crippen LogP contribution in [0.1, 0.15) is 92.3 Å². The smallest absolute Gasteiger partial charge is 0.272 e. The van der Waals surface area contributed by atoms with Crippen molar-refractivity contribution in [3.05, 3.63) is 326 Å². The van der Waals surface area contributed by atoms with Gasteiger partial charge in [-0.15, -0.1) is 11.8 Å². The van der Waals surface area contributed by atoms with E-state index in [1.54, 1.807) is 68.9 Å². The van der Waals surface area contributed by atoms with E-state index in [1.807, 2.05) is 76.3 Å². The van der Waals surface area contributed by atoms with E-state index in [1.165, 1.54) is 86.2 Å². The lowest BCUT2D eigenvalue weighted by Crippen LogP contribution is -2.06. The molecule has 0 aliphatic heterocycles. The number of nitro benzene ring substituents is 2. The summed E-state index contributed by atoms with van der Waals surface area (Å²) in [6.07, 6.45) is 2.09. The molecule has 6 N–H and O–H groups in total. The van der Waals surface area contributed by atoms with Gasteiger partial charge in [-0.3, -0.25) is 34.6 Å². The van der Waals surface area contributed by atoms with Crippen LogP contribution in [0.3, 0.4) is 0 Å². The maximum Gasteiger partial charge on any atom is 0.272 e. The van der Waals surface area contributed by atoms with Gasteiger partial charge in [-0.2, -0.15) is 0 Å². The molecule has 0 unspecified atom stereocenters. The van der Waals surface area contributed by atoms with Crippen LogP contribution in [0.2, 0.25) is 5.02 Å². The molecule has 0 fully saturated rings.